The molecule has 2 rings (SSSR count). The topological polar surface area (TPSA) is 44.2 Å². The number of nitrogens with zero attached hydrogens (tertiary/aromatic N) is 2. The second kappa shape index (κ2) is 8.48. The van der Waals surface area contributed by atoms with E-state index >= 15 is 0 Å². The number of hydrogen-bond donors (Lipinski definition) is 0. The fraction of sp³-hybridized carbons (Fsp3) is 0.286. The maximum atomic E-state index is 4.90. The zero-order valence-corrected chi connectivity index (χ0v) is 12.8. The molecule has 0 atom stereocenters. The van der Waals surface area contributed by atoms with Crippen LogP contribution in [0.1, 0.15) is 12.5 Å². The summed E-state index contributed by atoms with van der Waals surface area (Å²) in [6.45, 7) is 2.10. The van der Waals surface area contributed by atoms with Gasteiger partial charge in [0.2, 0.25) is 11.8 Å². The van der Waals surface area contributed by atoms with Gasteiger partial charge in [0.1, 0.15) is 0 Å². The Bertz CT molecular complexity index is 449. The molecule has 0 N–H and O–H groups in total. The van der Waals surface area contributed by atoms with Crippen LogP contribution in [-0.2, 0) is 6.42 Å². The normalized spacial score (nSPS) is 9.26. The number of aryl methyl sites for hydroxylation is 1. The number of hydrogen-bond acceptors (Lipinski definition) is 4. The Morgan fingerprint density at radius 1 is 0.947 bits per heavy atom. The van der Waals surface area contributed by atoms with E-state index in [4.69, 9.17) is 9.47 Å². The van der Waals surface area contributed by atoms with Crippen LogP contribution in [0.5, 0.6) is 11.8 Å². The molecule has 0 aliphatic heterocycles. The van der Waals surface area contributed by atoms with Gasteiger partial charge in [0.05, 0.1) is 14.2 Å². The minimum atomic E-state index is 0.637. The molecule has 2 aromatic heterocycles. The van der Waals surface area contributed by atoms with Gasteiger partial charge in [-0.15, -0.1) is 0 Å². The van der Waals surface area contributed by atoms with Crippen LogP contribution in [0.25, 0.3) is 0 Å². The molecule has 0 aliphatic carbocycles. The molecule has 0 spiro atoms. The molecular formula is C14H17BrN2O2. The van der Waals surface area contributed by atoms with E-state index in [-0.39, 0.29) is 0 Å². The van der Waals surface area contributed by atoms with E-state index in [2.05, 4.69) is 32.8 Å². The highest BCUT2D eigenvalue weighted by Gasteiger charge is 1.90. The average molecular weight is 325 g/mol. The maximum Gasteiger partial charge on any atom is 0.212 e. The van der Waals surface area contributed by atoms with Crippen LogP contribution < -0.4 is 9.47 Å². The first kappa shape index (κ1) is 15.4. The highest BCUT2D eigenvalue weighted by atomic mass is 79.9. The molecule has 0 bridgehead atoms. The highest BCUT2D eigenvalue weighted by Crippen LogP contribution is 2.11. The standard InChI is InChI=1S/C8H11NO.C6H6BrNO/c1-3-7-4-5-8(10-2)9-6-7;1-9-6-3-2-5(7)4-8-6/h4-6H,3H2,1-2H3;2-4H,1H3. The predicted molar refractivity (Wildman–Crippen MR) is 78.7 cm³/mol. The van der Waals surface area contributed by atoms with Gasteiger partial charge in [0.15, 0.2) is 0 Å². The van der Waals surface area contributed by atoms with Crippen molar-refractivity contribution < 1.29 is 9.47 Å². The Morgan fingerprint density at radius 3 is 1.89 bits per heavy atom. The lowest BCUT2D eigenvalue weighted by Crippen LogP contribution is -1.87. The van der Waals surface area contributed by atoms with Crippen molar-refractivity contribution in [3.05, 3.63) is 46.7 Å². The van der Waals surface area contributed by atoms with Gasteiger partial charge in [0, 0.05) is 29.0 Å². The van der Waals surface area contributed by atoms with E-state index in [0.29, 0.717) is 11.8 Å². The van der Waals surface area contributed by atoms with Gasteiger partial charge in [-0.05, 0) is 34.0 Å². The summed E-state index contributed by atoms with van der Waals surface area (Å²) >= 11 is 3.26. The van der Waals surface area contributed by atoms with E-state index in [0.717, 1.165) is 10.9 Å². The van der Waals surface area contributed by atoms with Gasteiger partial charge in [-0.25, -0.2) is 9.97 Å². The van der Waals surface area contributed by atoms with Crippen LogP contribution in [0.4, 0.5) is 0 Å². The summed E-state index contributed by atoms with van der Waals surface area (Å²) in [6, 6.07) is 7.57. The molecule has 0 aliphatic rings. The van der Waals surface area contributed by atoms with Gasteiger partial charge in [0.25, 0.3) is 0 Å². The molecule has 0 radical (unpaired) electrons. The van der Waals surface area contributed by atoms with Crippen LogP contribution in [0.3, 0.4) is 0 Å². The molecule has 5 heteroatoms. The maximum absolute atomic E-state index is 4.90. The fourth-order valence-electron chi connectivity index (χ4n) is 1.22. The van der Waals surface area contributed by atoms with E-state index in [1.165, 1.54) is 5.56 Å². The lowest BCUT2D eigenvalue weighted by molar-refractivity contribution is 0.397. The van der Waals surface area contributed by atoms with Crippen LogP contribution in [0, 0.1) is 0 Å². The summed E-state index contributed by atoms with van der Waals surface area (Å²) < 4.78 is 10.7. The summed E-state index contributed by atoms with van der Waals surface area (Å²) in [5.74, 6) is 1.32. The Balaban J connectivity index is 0.000000191. The van der Waals surface area contributed by atoms with Crippen molar-refractivity contribution in [1.82, 2.24) is 9.97 Å². The lowest BCUT2D eigenvalue weighted by atomic mass is 10.2. The third kappa shape index (κ3) is 5.70. The molecule has 0 aromatic carbocycles. The molecular weight excluding hydrogens is 308 g/mol. The van der Waals surface area contributed by atoms with Gasteiger partial charge in [-0.1, -0.05) is 13.0 Å². The second-order valence-electron chi connectivity index (χ2n) is 3.58. The number of halogens is 1. The number of methoxy groups -OCH3 is 2. The smallest absolute Gasteiger partial charge is 0.212 e. The summed E-state index contributed by atoms with van der Waals surface area (Å²) in [4.78, 5) is 7.97. The quantitative estimate of drug-likeness (QED) is 0.866. The first-order chi connectivity index (χ1) is 9.19. The fourth-order valence-corrected chi connectivity index (χ4v) is 1.46. The van der Waals surface area contributed by atoms with Crippen LogP contribution >= 0.6 is 15.9 Å². The minimum Gasteiger partial charge on any atom is -0.481 e. The SMILES string of the molecule is CCc1ccc(OC)nc1.COc1ccc(Br)cn1. The van der Waals surface area contributed by atoms with Gasteiger partial charge < -0.3 is 9.47 Å². The zero-order chi connectivity index (χ0) is 14.1. The van der Waals surface area contributed by atoms with Crippen molar-refractivity contribution in [1.29, 1.82) is 0 Å². The van der Waals surface area contributed by atoms with Crippen molar-refractivity contribution in [3.63, 3.8) is 0 Å². The average Bonchev–Trinajstić information content (AvgIpc) is 2.49. The molecule has 102 valence electrons. The van der Waals surface area contributed by atoms with Crippen molar-refractivity contribution in [3.8, 4) is 11.8 Å². The third-order valence-electron chi connectivity index (χ3n) is 2.32. The lowest BCUT2D eigenvalue weighted by Gasteiger charge is -1.97. The molecule has 0 saturated heterocycles. The van der Waals surface area contributed by atoms with Crippen molar-refractivity contribution in [2.24, 2.45) is 0 Å². The molecule has 2 aromatic rings. The van der Waals surface area contributed by atoms with Crippen molar-refractivity contribution in [2.45, 2.75) is 13.3 Å². The minimum absolute atomic E-state index is 0.637. The van der Waals surface area contributed by atoms with Gasteiger partial charge >= 0.3 is 0 Å². The Kier molecular flexibility index (Phi) is 6.89. The first-order valence-corrected chi connectivity index (χ1v) is 6.63. The van der Waals surface area contributed by atoms with Gasteiger partial charge in [-0.2, -0.15) is 0 Å². The summed E-state index contributed by atoms with van der Waals surface area (Å²) in [6.07, 6.45) is 4.55. The molecule has 0 fully saturated rings. The molecule has 19 heavy (non-hydrogen) atoms. The summed E-state index contributed by atoms with van der Waals surface area (Å²) in [5, 5.41) is 0. The third-order valence-corrected chi connectivity index (χ3v) is 2.79. The molecule has 4 nitrogen and oxygen atoms in total. The number of rotatable bonds is 3. The second-order valence-corrected chi connectivity index (χ2v) is 4.50. The van der Waals surface area contributed by atoms with Crippen LogP contribution in [0.15, 0.2) is 41.1 Å². The van der Waals surface area contributed by atoms with Crippen LogP contribution in [-0.4, -0.2) is 24.2 Å². The molecule has 0 saturated carbocycles. The Labute approximate surface area is 121 Å². The van der Waals surface area contributed by atoms with E-state index in [1.54, 1.807) is 26.5 Å². The Hall–Kier alpha value is -1.62. The highest BCUT2D eigenvalue weighted by molar-refractivity contribution is 9.10. The monoisotopic (exact) mass is 324 g/mol. The van der Waals surface area contributed by atoms with E-state index in [1.807, 2.05) is 24.4 Å². The Morgan fingerprint density at radius 2 is 1.53 bits per heavy atom. The summed E-state index contributed by atoms with van der Waals surface area (Å²) in [5.41, 5.74) is 1.24. The summed E-state index contributed by atoms with van der Waals surface area (Å²) in [7, 11) is 3.21. The molecule has 0 unspecified atom stereocenters. The number of aromatic nitrogens is 2. The number of ether oxygens (including phenoxy) is 2. The number of pyridine rings is 2. The van der Waals surface area contributed by atoms with Crippen LogP contribution in [0.2, 0.25) is 0 Å². The van der Waals surface area contributed by atoms with E-state index < -0.39 is 0 Å². The largest absolute Gasteiger partial charge is 0.481 e. The first-order valence-electron chi connectivity index (χ1n) is 5.84. The molecule has 0 amide bonds. The van der Waals surface area contributed by atoms with Gasteiger partial charge in [-0.3, -0.25) is 0 Å². The van der Waals surface area contributed by atoms with E-state index in [9.17, 15) is 0 Å². The molecule has 2 heterocycles. The van der Waals surface area contributed by atoms with Crippen molar-refractivity contribution >= 4 is 15.9 Å². The van der Waals surface area contributed by atoms with Crippen molar-refractivity contribution in [2.75, 3.05) is 14.2 Å². The zero-order valence-electron chi connectivity index (χ0n) is 11.3. The predicted octanol–water partition coefficient (Wildman–Crippen LogP) is 3.51.